The largest absolute Gasteiger partial charge is 0.347 e. The van der Waals surface area contributed by atoms with Crippen LogP contribution in [-0.4, -0.2) is 42.3 Å². The molecule has 0 saturated carbocycles. The summed E-state index contributed by atoms with van der Waals surface area (Å²) in [5.74, 6) is -0.657. The maximum absolute atomic E-state index is 12.4. The standard InChI is InChI=1S/C20H29N3O3/c1-13(2)20(26)23-10-6-8-16(12-23)19(25)21-11-18(24)22-17-9-5-7-14(3)15(17)4/h5,7,9,13,16H,6,8,10-12H2,1-4H3,(H,21,25)(H,22,24)/t16-/m0/s1. The van der Waals surface area contributed by atoms with Crippen molar-refractivity contribution in [1.82, 2.24) is 10.2 Å². The molecular weight excluding hydrogens is 330 g/mol. The van der Waals surface area contributed by atoms with E-state index in [1.165, 1.54) is 0 Å². The zero-order chi connectivity index (χ0) is 19.3. The van der Waals surface area contributed by atoms with Crippen molar-refractivity contribution < 1.29 is 14.4 Å². The minimum absolute atomic E-state index is 0.0686. The van der Waals surface area contributed by atoms with Gasteiger partial charge in [0.05, 0.1) is 12.5 Å². The van der Waals surface area contributed by atoms with Crippen LogP contribution in [0.4, 0.5) is 5.69 Å². The van der Waals surface area contributed by atoms with Crippen LogP contribution in [0, 0.1) is 25.7 Å². The van der Waals surface area contributed by atoms with E-state index < -0.39 is 0 Å². The van der Waals surface area contributed by atoms with Crippen LogP contribution in [-0.2, 0) is 14.4 Å². The van der Waals surface area contributed by atoms with Gasteiger partial charge in [0.25, 0.3) is 0 Å². The lowest BCUT2D eigenvalue weighted by atomic mass is 9.96. The minimum atomic E-state index is -0.252. The van der Waals surface area contributed by atoms with E-state index in [1.54, 1.807) is 4.90 Å². The predicted molar refractivity (Wildman–Crippen MR) is 102 cm³/mol. The summed E-state index contributed by atoms with van der Waals surface area (Å²) in [5, 5.41) is 5.54. The van der Waals surface area contributed by atoms with Gasteiger partial charge in [-0.1, -0.05) is 26.0 Å². The van der Waals surface area contributed by atoms with Gasteiger partial charge in [-0.25, -0.2) is 0 Å². The summed E-state index contributed by atoms with van der Waals surface area (Å²) in [4.78, 5) is 38.4. The number of likely N-dealkylation sites (tertiary alicyclic amines) is 1. The van der Waals surface area contributed by atoms with Crippen LogP contribution in [0.3, 0.4) is 0 Å². The van der Waals surface area contributed by atoms with Crippen LogP contribution < -0.4 is 10.6 Å². The first-order valence-electron chi connectivity index (χ1n) is 9.22. The molecule has 26 heavy (non-hydrogen) atoms. The van der Waals surface area contributed by atoms with Crippen molar-refractivity contribution in [3.05, 3.63) is 29.3 Å². The lowest BCUT2D eigenvalue weighted by Crippen LogP contribution is -2.47. The van der Waals surface area contributed by atoms with Gasteiger partial charge in [-0.3, -0.25) is 14.4 Å². The quantitative estimate of drug-likeness (QED) is 0.846. The van der Waals surface area contributed by atoms with E-state index in [0.29, 0.717) is 13.1 Å². The van der Waals surface area contributed by atoms with Gasteiger partial charge in [0, 0.05) is 24.7 Å². The Hall–Kier alpha value is -2.37. The summed E-state index contributed by atoms with van der Waals surface area (Å²) in [6, 6.07) is 5.72. The first kappa shape index (κ1) is 19.9. The summed E-state index contributed by atoms with van der Waals surface area (Å²) in [7, 11) is 0. The number of nitrogens with zero attached hydrogens (tertiary/aromatic N) is 1. The Morgan fingerprint density at radius 1 is 1.23 bits per heavy atom. The van der Waals surface area contributed by atoms with Gasteiger partial charge in [-0.15, -0.1) is 0 Å². The van der Waals surface area contributed by atoms with E-state index in [0.717, 1.165) is 29.7 Å². The summed E-state index contributed by atoms with van der Waals surface area (Å²) in [6.07, 6.45) is 1.55. The molecule has 6 heteroatoms. The van der Waals surface area contributed by atoms with Crippen LogP contribution >= 0.6 is 0 Å². The molecule has 6 nitrogen and oxygen atoms in total. The summed E-state index contributed by atoms with van der Waals surface area (Å²) >= 11 is 0. The highest BCUT2D eigenvalue weighted by Gasteiger charge is 2.29. The van der Waals surface area contributed by atoms with E-state index in [1.807, 2.05) is 45.9 Å². The molecule has 0 aromatic heterocycles. The Balaban J connectivity index is 1.85. The number of anilines is 1. The lowest BCUT2D eigenvalue weighted by molar-refractivity contribution is -0.138. The van der Waals surface area contributed by atoms with Crippen molar-refractivity contribution in [2.45, 2.75) is 40.5 Å². The molecule has 1 heterocycles. The Labute approximate surface area is 155 Å². The van der Waals surface area contributed by atoms with E-state index in [-0.39, 0.29) is 36.1 Å². The van der Waals surface area contributed by atoms with Crippen molar-refractivity contribution in [2.24, 2.45) is 11.8 Å². The molecule has 3 amide bonds. The maximum Gasteiger partial charge on any atom is 0.243 e. The Morgan fingerprint density at radius 2 is 1.96 bits per heavy atom. The second kappa shape index (κ2) is 8.83. The normalized spacial score (nSPS) is 17.1. The number of benzene rings is 1. The Kier molecular flexibility index (Phi) is 6.77. The highest BCUT2D eigenvalue weighted by atomic mass is 16.2. The van der Waals surface area contributed by atoms with Crippen LogP contribution in [0.15, 0.2) is 18.2 Å². The Morgan fingerprint density at radius 3 is 2.65 bits per heavy atom. The number of rotatable bonds is 5. The SMILES string of the molecule is Cc1cccc(NC(=O)CNC(=O)[C@H]2CCCN(C(=O)C(C)C)C2)c1C. The van der Waals surface area contributed by atoms with Crippen molar-refractivity contribution in [1.29, 1.82) is 0 Å². The number of piperidine rings is 1. The van der Waals surface area contributed by atoms with Gasteiger partial charge in [0.1, 0.15) is 0 Å². The summed E-state index contributed by atoms with van der Waals surface area (Å²) in [5.41, 5.74) is 2.88. The van der Waals surface area contributed by atoms with Gasteiger partial charge in [-0.05, 0) is 43.9 Å². The Bertz CT molecular complexity index is 685. The molecule has 0 unspecified atom stereocenters. The number of nitrogens with one attached hydrogen (secondary N) is 2. The number of hydrogen-bond donors (Lipinski definition) is 2. The number of hydrogen-bond acceptors (Lipinski definition) is 3. The average Bonchev–Trinajstić information content (AvgIpc) is 2.63. The maximum atomic E-state index is 12.4. The van der Waals surface area contributed by atoms with E-state index in [2.05, 4.69) is 10.6 Å². The topological polar surface area (TPSA) is 78.5 Å². The van der Waals surface area contributed by atoms with Crippen LogP contribution in [0.5, 0.6) is 0 Å². The number of carbonyl (C=O) groups is 3. The fourth-order valence-electron chi connectivity index (χ4n) is 3.15. The zero-order valence-electron chi connectivity index (χ0n) is 16.1. The molecule has 1 aliphatic rings. The van der Waals surface area contributed by atoms with Crippen LogP contribution in [0.2, 0.25) is 0 Å². The highest BCUT2D eigenvalue weighted by Crippen LogP contribution is 2.19. The van der Waals surface area contributed by atoms with Gasteiger partial charge in [-0.2, -0.15) is 0 Å². The molecule has 2 N–H and O–H groups in total. The zero-order valence-corrected chi connectivity index (χ0v) is 16.1. The third-order valence-corrected chi connectivity index (χ3v) is 4.90. The molecule has 1 aromatic rings. The number of aryl methyl sites for hydroxylation is 1. The molecule has 1 atom stereocenters. The predicted octanol–water partition coefficient (Wildman–Crippen LogP) is 2.25. The summed E-state index contributed by atoms with van der Waals surface area (Å²) < 4.78 is 0. The second-order valence-electron chi connectivity index (χ2n) is 7.29. The molecule has 1 saturated heterocycles. The fourth-order valence-corrected chi connectivity index (χ4v) is 3.15. The monoisotopic (exact) mass is 359 g/mol. The van der Waals surface area contributed by atoms with E-state index in [9.17, 15) is 14.4 Å². The smallest absolute Gasteiger partial charge is 0.243 e. The van der Waals surface area contributed by atoms with E-state index >= 15 is 0 Å². The molecule has 0 aliphatic carbocycles. The lowest BCUT2D eigenvalue weighted by Gasteiger charge is -2.33. The minimum Gasteiger partial charge on any atom is -0.347 e. The van der Waals surface area contributed by atoms with Crippen molar-refractivity contribution in [3.63, 3.8) is 0 Å². The molecule has 2 rings (SSSR count). The molecule has 0 radical (unpaired) electrons. The molecule has 1 fully saturated rings. The van der Waals surface area contributed by atoms with Crippen molar-refractivity contribution in [3.8, 4) is 0 Å². The van der Waals surface area contributed by atoms with Crippen LogP contribution in [0.25, 0.3) is 0 Å². The van der Waals surface area contributed by atoms with Crippen LogP contribution in [0.1, 0.15) is 37.8 Å². The second-order valence-corrected chi connectivity index (χ2v) is 7.29. The van der Waals surface area contributed by atoms with Crippen molar-refractivity contribution >= 4 is 23.4 Å². The van der Waals surface area contributed by atoms with Gasteiger partial charge in [0.15, 0.2) is 0 Å². The first-order valence-corrected chi connectivity index (χ1v) is 9.22. The van der Waals surface area contributed by atoms with Gasteiger partial charge >= 0.3 is 0 Å². The fraction of sp³-hybridized carbons (Fsp3) is 0.550. The summed E-state index contributed by atoms with van der Waals surface area (Å²) in [6.45, 7) is 8.73. The molecule has 0 spiro atoms. The molecule has 142 valence electrons. The van der Waals surface area contributed by atoms with Gasteiger partial charge < -0.3 is 15.5 Å². The molecular formula is C20H29N3O3. The first-order chi connectivity index (χ1) is 12.3. The third-order valence-electron chi connectivity index (χ3n) is 4.90. The van der Waals surface area contributed by atoms with E-state index in [4.69, 9.17) is 0 Å². The number of carbonyl (C=O) groups excluding carboxylic acids is 3. The van der Waals surface area contributed by atoms with Gasteiger partial charge in [0.2, 0.25) is 17.7 Å². The van der Waals surface area contributed by atoms with Crippen molar-refractivity contribution in [2.75, 3.05) is 25.0 Å². The molecule has 1 aliphatic heterocycles. The molecule has 1 aromatic carbocycles. The highest BCUT2D eigenvalue weighted by molar-refractivity contribution is 5.95. The third kappa shape index (κ3) is 5.07. The average molecular weight is 359 g/mol. The molecule has 0 bridgehead atoms. The number of amides is 3.